The van der Waals surface area contributed by atoms with Crippen LogP contribution in [0.1, 0.15) is 85.9 Å². The van der Waals surface area contributed by atoms with E-state index in [0.29, 0.717) is 0 Å². The Bertz CT molecular complexity index is 963. The number of hydrogen-bond acceptors (Lipinski definition) is 6. The average molecular weight is 519 g/mol. The molecule has 0 saturated carbocycles. The molecule has 0 bridgehead atoms. The SMILES string of the molecule is CC(C)(Oc1ccccc1C(=O)O)Oc1ccccc1C(=O)O.O=C(O)CCCCCCCCC(=O)O. The summed E-state index contributed by atoms with van der Waals surface area (Å²) in [6, 6.07) is 12.3. The molecule has 0 radical (unpaired) electrons. The van der Waals surface area contributed by atoms with Crippen LogP contribution < -0.4 is 9.47 Å². The highest BCUT2D eigenvalue weighted by molar-refractivity contribution is 5.91. The fraction of sp³-hybridized carbons (Fsp3) is 0.407. The molecular formula is C27H34O10. The summed E-state index contributed by atoms with van der Waals surface area (Å²) < 4.78 is 11.3. The number of benzene rings is 2. The van der Waals surface area contributed by atoms with Crippen molar-refractivity contribution >= 4 is 23.9 Å². The number of aliphatic carboxylic acids is 2. The summed E-state index contributed by atoms with van der Waals surface area (Å²) in [5, 5.41) is 35.0. The smallest absolute Gasteiger partial charge is 0.339 e. The molecule has 4 N–H and O–H groups in total. The molecule has 10 nitrogen and oxygen atoms in total. The molecule has 0 saturated heterocycles. The van der Waals surface area contributed by atoms with Gasteiger partial charge < -0.3 is 29.9 Å². The van der Waals surface area contributed by atoms with Crippen LogP contribution in [0, 0.1) is 0 Å². The van der Waals surface area contributed by atoms with Crippen molar-refractivity contribution in [2.75, 3.05) is 0 Å². The first kappa shape index (κ1) is 31.0. The van der Waals surface area contributed by atoms with Gasteiger partial charge in [0.25, 0.3) is 0 Å². The lowest BCUT2D eigenvalue weighted by Crippen LogP contribution is -2.36. The standard InChI is InChI=1S/C17H16O6.C10H18O4/c1-17(2,22-13-9-5-3-7-11(13)15(18)19)23-14-10-6-4-8-12(14)16(20)21;11-9(12)7-5-3-1-2-4-6-8-10(13)14/h3-10H,1-2H3,(H,18,19)(H,20,21);1-8H2,(H,11,12)(H,13,14). The monoisotopic (exact) mass is 518 g/mol. The zero-order chi connectivity index (χ0) is 27.8. The minimum Gasteiger partial charge on any atom is -0.481 e. The second-order valence-electron chi connectivity index (χ2n) is 8.62. The molecule has 2 aromatic carbocycles. The molecular weight excluding hydrogens is 484 g/mol. The second-order valence-corrected chi connectivity index (χ2v) is 8.62. The predicted octanol–water partition coefficient (Wildman–Crippen LogP) is 5.55. The van der Waals surface area contributed by atoms with Crippen molar-refractivity contribution in [3.63, 3.8) is 0 Å². The molecule has 0 heterocycles. The Morgan fingerprint density at radius 2 is 0.919 bits per heavy atom. The van der Waals surface area contributed by atoms with Gasteiger partial charge in [0, 0.05) is 26.7 Å². The van der Waals surface area contributed by atoms with Gasteiger partial charge in [-0.3, -0.25) is 9.59 Å². The van der Waals surface area contributed by atoms with E-state index in [2.05, 4.69) is 0 Å². The Balaban J connectivity index is 0.000000422. The molecule has 2 aromatic rings. The number of carbonyl (C=O) groups is 4. The number of carboxylic acids is 4. The minimum absolute atomic E-state index is 0.00399. The van der Waals surface area contributed by atoms with Crippen LogP contribution in [0.4, 0.5) is 0 Å². The van der Waals surface area contributed by atoms with Crippen LogP contribution >= 0.6 is 0 Å². The van der Waals surface area contributed by atoms with E-state index in [4.69, 9.17) is 19.7 Å². The maximum Gasteiger partial charge on any atom is 0.339 e. The second kappa shape index (κ2) is 15.8. The normalized spacial score (nSPS) is 10.5. The molecule has 0 aromatic heterocycles. The van der Waals surface area contributed by atoms with Crippen molar-refractivity contribution in [3.05, 3.63) is 59.7 Å². The average Bonchev–Trinajstić information content (AvgIpc) is 2.80. The maximum absolute atomic E-state index is 11.2. The molecule has 0 fully saturated rings. The maximum atomic E-state index is 11.2. The van der Waals surface area contributed by atoms with Gasteiger partial charge in [0.05, 0.1) is 0 Å². The van der Waals surface area contributed by atoms with Crippen LogP contribution in [0.5, 0.6) is 11.5 Å². The van der Waals surface area contributed by atoms with E-state index in [1.807, 2.05) is 0 Å². The van der Waals surface area contributed by atoms with Crippen LogP contribution in [0.3, 0.4) is 0 Å². The third-order valence-corrected chi connectivity index (χ3v) is 4.98. The summed E-state index contributed by atoms with van der Waals surface area (Å²) in [4.78, 5) is 42.7. The lowest BCUT2D eigenvalue weighted by Gasteiger charge is -2.28. The highest BCUT2D eigenvalue weighted by Gasteiger charge is 2.26. The van der Waals surface area contributed by atoms with Gasteiger partial charge in [-0.15, -0.1) is 0 Å². The van der Waals surface area contributed by atoms with Crippen LogP contribution in [0.15, 0.2) is 48.5 Å². The molecule has 0 amide bonds. The number of rotatable bonds is 15. The van der Waals surface area contributed by atoms with E-state index in [0.717, 1.165) is 38.5 Å². The zero-order valence-corrected chi connectivity index (χ0v) is 21.0. The molecule has 0 aliphatic carbocycles. The number of hydrogen-bond donors (Lipinski definition) is 4. The minimum atomic E-state index is -1.27. The third-order valence-electron chi connectivity index (χ3n) is 4.98. The molecule has 0 unspecified atom stereocenters. The molecule has 202 valence electrons. The van der Waals surface area contributed by atoms with Gasteiger partial charge in [0.2, 0.25) is 5.79 Å². The first-order valence-corrected chi connectivity index (χ1v) is 11.9. The number of para-hydroxylation sites is 2. The van der Waals surface area contributed by atoms with Crippen LogP contribution in [0.25, 0.3) is 0 Å². The number of ether oxygens (including phenoxy) is 2. The molecule has 0 aliphatic rings. The Morgan fingerprint density at radius 3 is 1.24 bits per heavy atom. The van der Waals surface area contributed by atoms with Gasteiger partial charge in [-0.2, -0.15) is 0 Å². The topological polar surface area (TPSA) is 168 Å². The highest BCUT2D eigenvalue weighted by atomic mass is 16.7. The lowest BCUT2D eigenvalue weighted by atomic mass is 10.1. The van der Waals surface area contributed by atoms with Crippen molar-refractivity contribution < 1.29 is 49.1 Å². The number of carboxylic acid groups (broad SMARTS) is 4. The summed E-state index contributed by atoms with van der Waals surface area (Å²) in [7, 11) is 0. The van der Waals surface area contributed by atoms with E-state index >= 15 is 0 Å². The van der Waals surface area contributed by atoms with Crippen LogP contribution in [0.2, 0.25) is 0 Å². The Morgan fingerprint density at radius 1 is 0.595 bits per heavy atom. The first-order chi connectivity index (χ1) is 17.4. The van der Waals surface area contributed by atoms with E-state index in [1.165, 1.54) is 24.3 Å². The van der Waals surface area contributed by atoms with Gasteiger partial charge in [-0.05, 0) is 37.1 Å². The first-order valence-electron chi connectivity index (χ1n) is 11.9. The molecule has 37 heavy (non-hydrogen) atoms. The Kier molecular flexibility index (Phi) is 13.2. The van der Waals surface area contributed by atoms with E-state index < -0.39 is 29.7 Å². The van der Waals surface area contributed by atoms with Crippen LogP contribution in [-0.4, -0.2) is 50.1 Å². The van der Waals surface area contributed by atoms with Gasteiger partial charge in [-0.25, -0.2) is 9.59 Å². The van der Waals surface area contributed by atoms with Crippen molar-refractivity contribution in [1.82, 2.24) is 0 Å². The molecule has 0 aliphatic heterocycles. The highest BCUT2D eigenvalue weighted by Crippen LogP contribution is 2.27. The fourth-order valence-electron chi connectivity index (χ4n) is 3.27. The summed E-state index contributed by atoms with van der Waals surface area (Å²) in [6.07, 6.45) is 5.82. The van der Waals surface area contributed by atoms with Gasteiger partial charge >= 0.3 is 23.9 Å². The molecule has 0 atom stereocenters. The van der Waals surface area contributed by atoms with E-state index in [9.17, 15) is 29.4 Å². The fourth-order valence-corrected chi connectivity index (χ4v) is 3.27. The third kappa shape index (κ3) is 13.0. The quantitative estimate of drug-likeness (QED) is 0.173. The summed E-state index contributed by atoms with van der Waals surface area (Å²) in [5.41, 5.74) is -0.00797. The zero-order valence-electron chi connectivity index (χ0n) is 21.0. The van der Waals surface area contributed by atoms with Gasteiger partial charge in [0.1, 0.15) is 22.6 Å². The summed E-state index contributed by atoms with van der Waals surface area (Å²) >= 11 is 0. The number of unbranched alkanes of at least 4 members (excludes halogenated alkanes) is 5. The Labute approximate surface area is 215 Å². The lowest BCUT2D eigenvalue weighted by molar-refractivity contribution is -0.138. The predicted molar refractivity (Wildman–Crippen MR) is 134 cm³/mol. The van der Waals surface area contributed by atoms with E-state index in [-0.39, 0.29) is 35.5 Å². The summed E-state index contributed by atoms with van der Waals surface area (Å²) in [5.74, 6) is -4.72. The molecule has 2 rings (SSSR count). The van der Waals surface area contributed by atoms with Gasteiger partial charge in [-0.1, -0.05) is 49.9 Å². The van der Waals surface area contributed by atoms with Crippen molar-refractivity contribution in [2.45, 2.75) is 71.0 Å². The Hall–Kier alpha value is -4.08. The summed E-state index contributed by atoms with van der Waals surface area (Å²) in [6.45, 7) is 3.15. The van der Waals surface area contributed by atoms with Crippen LogP contribution in [-0.2, 0) is 9.59 Å². The van der Waals surface area contributed by atoms with Gasteiger partial charge in [0.15, 0.2) is 0 Å². The van der Waals surface area contributed by atoms with Crippen molar-refractivity contribution in [1.29, 1.82) is 0 Å². The largest absolute Gasteiger partial charge is 0.481 e. The van der Waals surface area contributed by atoms with Crippen molar-refractivity contribution in [2.24, 2.45) is 0 Å². The molecule has 0 spiro atoms. The van der Waals surface area contributed by atoms with E-state index in [1.54, 1.807) is 38.1 Å². The van der Waals surface area contributed by atoms with Crippen molar-refractivity contribution in [3.8, 4) is 11.5 Å². The number of aromatic carboxylic acids is 2. The molecule has 10 heteroatoms.